The van der Waals surface area contributed by atoms with Gasteiger partial charge in [0.15, 0.2) is 4.77 Å². The van der Waals surface area contributed by atoms with Crippen LogP contribution in [-0.4, -0.2) is 22.3 Å². The molecule has 3 aromatic rings. The molecular weight excluding hydrogens is 368 g/mol. The number of aromatic amines is 1. The zero-order valence-corrected chi connectivity index (χ0v) is 16.6. The smallest absolute Gasteiger partial charge is 0.267 e. The Balaban J connectivity index is 1.95. The van der Waals surface area contributed by atoms with Crippen molar-refractivity contribution in [3.63, 3.8) is 0 Å². The topological polar surface area (TPSA) is 56.2 Å². The Bertz CT molecular complexity index is 1090. The number of nitrogens with zero attached hydrogens (tertiary/aromatic N) is 1. The minimum atomic E-state index is -0.231. The van der Waals surface area contributed by atoms with Crippen LogP contribution in [0.3, 0.4) is 0 Å². The molecule has 0 fully saturated rings. The van der Waals surface area contributed by atoms with Gasteiger partial charge in [0, 0.05) is 11.3 Å². The van der Waals surface area contributed by atoms with Gasteiger partial charge in [-0.05, 0) is 55.4 Å². The van der Waals surface area contributed by atoms with Gasteiger partial charge < -0.3 is 14.5 Å². The fourth-order valence-electron chi connectivity index (χ4n) is 3.34. The van der Waals surface area contributed by atoms with Crippen LogP contribution in [0.2, 0.25) is 0 Å². The van der Waals surface area contributed by atoms with Gasteiger partial charge in [-0.25, -0.2) is 0 Å². The van der Waals surface area contributed by atoms with Crippen LogP contribution in [0, 0.1) is 4.77 Å². The second kappa shape index (κ2) is 6.33. The van der Waals surface area contributed by atoms with Crippen molar-refractivity contribution in [3.05, 3.63) is 49.8 Å². The van der Waals surface area contributed by atoms with Crippen LogP contribution in [0.5, 0.6) is 5.75 Å². The van der Waals surface area contributed by atoms with E-state index in [1.807, 2.05) is 24.3 Å². The van der Waals surface area contributed by atoms with E-state index in [0.717, 1.165) is 44.9 Å². The predicted octanol–water partition coefficient (Wildman–Crippen LogP) is 4.36. The van der Waals surface area contributed by atoms with Gasteiger partial charge in [0.1, 0.15) is 10.6 Å². The van der Waals surface area contributed by atoms with E-state index >= 15 is 0 Å². The number of ether oxygens (including phenoxy) is 2. The lowest BCUT2D eigenvalue weighted by atomic mass is 9.90. The summed E-state index contributed by atoms with van der Waals surface area (Å²) in [7, 11) is 1.62. The molecule has 0 saturated carbocycles. The summed E-state index contributed by atoms with van der Waals surface area (Å²) in [6.45, 7) is 4.76. The van der Waals surface area contributed by atoms with Gasteiger partial charge in [-0.1, -0.05) is 6.92 Å². The summed E-state index contributed by atoms with van der Waals surface area (Å²) in [6.07, 6.45) is 1.64. The number of H-pyrrole nitrogens is 1. The number of fused-ring (bicyclic) bond motifs is 3. The molecule has 1 N–H and O–H groups in total. The first-order valence-corrected chi connectivity index (χ1v) is 9.76. The van der Waals surface area contributed by atoms with E-state index in [4.69, 9.17) is 21.7 Å². The minimum Gasteiger partial charge on any atom is -0.497 e. The molecule has 4 rings (SSSR count). The van der Waals surface area contributed by atoms with Crippen molar-refractivity contribution < 1.29 is 9.47 Å². The van der Waals surface area contributed by atoms with Crippen LogP contribution in [0.4, 0.5) is 0 Å². The van der Waals surface area contributed by atoms with Crippen LogP contribution in [-0.2, 0) is 17.8 Å². The van der Waals surface area contributed by atoms with Crippen LogP contribution < -0.4 is 10.3 Å². The van der Waals surface area contributed by atoms with Crippen molar-refractivity contribution in [2.75, 3.05) is 7.11 Å². The van der Waals surface area contributed by atoms with Crippen molar-refractivity contribution in [1.29, 1.82) is 0 Å². The number of hydrogen-bond acceptors (Lipinski definition) is 5. The first kappa shape index (κ1) is 17.5. The maximum atomic E-state index is 13.3. The molecule has 5 nitrogen and oxygen atoms in total. The molecule has 0 aliphatic carbocycles. The predicted molar refractivity (Wildman–Crippen MR) is 106 cm³/mol. The van der Waals surface area contributed by atoms with E-state index in [9.17, 15) is 4.79 Å². The summed E-state index contributed by atoms with van der Waals surface area (Å²) in [5.41, 5.74) is 1.51. The standard InChI is InChI=1S/C19H20N2O3S2/c1-4-19(2)9-13-14(10-24-19)26-16-15(13)17(22)21(18(25)20-16)11-5-7-12(23-3)8-6-11/h5-8H,4,9-10H2,1-3H3,(H,20,25)/t19-/m1/s1. The average molecular weight is 389 g/mol. The van der Waals surface area contributed by atoms with Gasteiger partial charge in [0.2, 0.25) is 0 Å². The minimum absolute atomic E-state index is 0.0771. The Morgan fingerprint density at radius 2 is 2.12 bits per heavy atom. The van der Waals surface area contributed by atoms with Crippen LogP contribution in [0.15, 0.2) is 29.1 Å². The van der Waals surface area contributed by atoms with Gasteiger partial charge in [0.25, 0.3) is 5.56 Å². The molecule has 7 heteroatoms. The first-order chi connectivity index (χ1) is 12.5. The van der Waals surface area contributed by atoms with E-state index < -0.39 is 0 Å². The molecule has 0 amide bonds. The normalized spacial score (nSPS) is 19.5. The third kappa shape index (κ3) is 2.71. The summed E-state index contributed by atoms with van der Waals surface area (Å²) in [5.74, 6) is 0.738. The highest BCUT2D eigenvalue weighted by Crippen LogP contribution is 2.38. The molecule has 0 spiro atoms. The zero-order chi connectivity index (χ0) is 18.5. The maximum Gasteiger partial charge on any atom is 0.267 e. The Kier molecular flexibility index (Phi) is 4.25. The molecule has 1 aromatic carbocycles. The van der Waals surface area contributed by atoms with Crippen LogP contribution >= 0.6 is 23.6 Å². The largest absolute Gasteiger partial charge is 0.497 e. The number of nitrogens with one attached hydrogen (secondary N) is 1. The van der Waals surface area contributed by atoms with Gasteiger partial charge in [-0.2, -0.15) is 0 Å². The van der Waals surface area contributed by atoms with Gasteiger partial charge in [0.05, 0.1) is 30.4 Å². The number of methoxy groups -OCH3 is 1. The van der Waals surface area contributed by atoms with Gasteiger partial charge >= 0.3 is 0 Å². The first-order valence-electron chi connectivity index (χ1n) is 8.54. The Labute approximate surface area is 160 Å². The van der Waals surface area contributed by atoms with Crippen LogP contribution in [0.1, 0.15) is 30.7 Å². The maximum absolute atomic E-state index is 13.3. The van der Waals surface area contributed by atoms with Gasteiger partial charge in [-0.15, -0.1) is 11.3 Å². The van der Waals surface area contributed by atoms with Crippen molar-refractivity contribution in [1.82, 2.24) is 9.55 Å². The molecule has 0 saturated heterocycles. The molecule has 3 heterocycles. The Hall–Kier alpha value is -1.96. The zero-order valence-electron chi connectivity index (χ0n) is 14.9. The van der Waals surface area contributed by atoms with E-state index in [0.29, 0.717) is 11.4 Å². The number of benzene rings is 1. The van der Waals surface area contributed by atoms with E-state index in [2.05, 4.69) is 18.8 Å². The fraction of sp³-hybridized carbons (Fsp3) is 0.368. The molecule has 1 aliphatic heterocycles. The lowest BCUT2D eigenvalue weighted by Gasteiger charge is -2.32. The highest BCUT2D eigenvalue weighted by molar-refractivity contribution is 7.71. The molecule has 26 heavy (non-hydrogen) atoms. The second-order valence-corrected chi connectivity index (χ2v) is 8.24. The molecule has 136 valence electrons. The van der Waals surface area contributed by atoms with Crippen molar-refractivity contribution in [2.24, 2.45) is 0 Å². The number of rotatable bonds is 3. The lowest BCUT2D eigenvalue weighted by molar-refractivity contribution is -0.0543. The number of aromatic nitrogens is 2. The van der Waals surface area contributed by atoms with E-state index in [1.54, 1.807) is 23.0 Å². The lowest BCUT2D eigenvalue weighted by Crippen LogP contribution is -2.34. The molecule has 1 atom stereocenters. The van der Waals surface area contributed by atoms with Crippen molar-refractivity contribution >= 4 is 33.8 Å². The van der Waals surface area contributed by atoms with E-state index in [-0.39, 0.29) is 11.2 Å². The monoisotopic (exact) mass is 388 g/mol. The summed E-state index contributed by atoms with van der Waals surface area (Å²) < 4.78 is 13.2. The third-order valence-electron chi connectivity index (χ3n) is 5.11. The van der Waals surface area contributed by atoms with E-state index in [1.165, 1.54) is 0 Å². The number of hydrogen-bond donors (Lipinski definition) is 1. The highest BCUT2D eigenvalue weighted by Gasteiger charge is 2.33. The molecule has 0 radical (unpaired) electrons. The fourth-order valence-corrected chi connectivity index (χ4v) is 4.82. The Morgan fingerprint density at radius 3 is 2.77 bits per heavy atom. The molecular formula is C19H20N2O3S2. The summed E-state index contributed by atoms with van der Waals surface area (Å²) in [4.78, 5) is 18.5. The Morgan fingerprint density at radius 1 is 1.38 bits per heavy atom. The highest BCUT2D eigenvalue weighted by atomic mass is 32.1. The second-order valence-electron chi connectivity index (χ2n) is 6.75. The average Bonchev–Trinajstić information content (AvgIpc) is 2.99. The van der Waals surface area contributed by atoms with Crippen molar-refractivity contribution in [2.45, 2.75) is 38.9 Å². The van der Waals surface area contributed by atoms with Gasteiger partial charge in [-0.3, -0.25) is 9.36 Å². The molecule has 0 unspecified atom stereocenters. The molecule has 2 aromatic heterocycles. The number of thiophene rings is 1. The third-order valence-corrected chi connectivity index (χ3v) is 6.52. The SMILES string of the molecule is CC[C@]1(C)Cc2c(sc3[nH]c(=S)n(-c4ccc(OC)cc4)c(=O)c23)CO1. The quantitative estimate of drug-likeness (QED) is 0.678. The summed E-state index contributed by atoms with van der Waals surface area (Å²) in [6, 6.07) is 7.33. The summed E-state index contributed by atoms with van der Waals surface area (Å²) >= 11 is 7.04. The molecule has 0 bridgehead atoms. The van der Waals surface area contributed by atoms with Crippen molar-refractivity contribution in [3.8, 4) is 11.4 Å². The van der Waals surface area contributed by atoms with Crippen LogP contribution in [0.25, 0.3) is 15.9 Å². The summed E-state index contributed by atoms with van der Waals surface area (Å²) in [5, 5.41) is 0.734. The molecule has 1 aliphatic rings.